The molecule has 0 saturated carbocycles. The molecule has 0 aliphatic carbocycles. The maximum Gasteiger partial charge on any atom is 0.234 e. The summed E-state index contributed by atoms with van der Waals surface area (Å²) in [6.45, 7) is 1.83. The Morgan fingerprint density at radius 2 is 2.06 bits per heavy atom. The van der Waals surface area contributed by atoms with Gasteiger partial charge in [-0.05, 0) is 12.1 Å². The van der Waals surface area contributed by atoms with Crippen molar-refractivity contribution in [2.24, 2.45) is 0 Å². The minimum absolute atomic E-state index is 0.197. The van der Waals surface area contributed by atoms with Crippen molar-refractivity contribution in [3.63, 3.8) is 0 Å². The second kappa shape index (κ2) is 5.07. The molecule has 4 nitrogen and oxygen atoms in total. The smallest absolute Gasteiger partial charge is 0.234 e. The zero-order valence-electron chi connectivity index (χ0n) is 9.75. The van der Waals surface area contributed by atoms with E-state index in [0.717, 1.165) is 0 Å². The Bertz CT molecular complexity index is 515. The van der Waals surface area contributed by atoms with Gasteiger partial charge in [-0.1, -0.05) is 6.92 Å². The van der Waals surface area contributed by atoms with E-state index >= 15 is 0 Å². The number of carbonyl (C=O) groups is 2. The Labute approximate surface area is 116 Å². The van der Waals surface area contributed by atoms with E-state index in [-0.39, 0.29) is 30.6 Å². The molecule has 0 spiro atoms. The van der Waals surface area contributed by atoms with Crippen LogP contribution >= 0.6 is 12.2 Å². The maximum atomic E-state index is 11.7. The predicted octanol–water partition coefficient (Wildman–Crippen LogP) is 1.71. The molecule has 2 heterocycles. The van der Waals surface area contributed by atoms with Crippen molar-refractivity contribution in [2.45, 2.75) is 25.7 Å². The Morgan fingerprint density at radius 1 is 1.44 bits per heavy atom. The van der Waals surface area contributed by atoms with Gasteiger partial charge < -0.3 is 24.8 Å². The first-order valence-corrected chi connectivity index (χ1v) is 6.35. The summed E-state index contributed by atoms with van der Waals surface area (Å²) in [4.78, 5) is 28.9. The Morgan fingerprint density at radius 3 is 2.61 bits per heavy atom. The molecule has 18 heavy (non-hydrogen) atoms. The van der Waals surface area contributed by atoms with Crippen molar-refractivity contribution >= 4 is 46.5 Å². The third kappa shape index (κ3) is 2.26. The summed E-state index contributed by atoms with van der Waals surface area (Å²) in [6, 6.07) is 3.39. The van der Waals surface area contributed by atoms with Crippen molar-refractivity contribution in [2.75, 3.05) is 4.90 Å². The summed E-state index contributed by atoms with van der Waals surface area (Å²) in [6.07, 6.45) is 2.10. The molecule has 1 saturated heterocycles. The number of rotatable bonds is 3. The van der Waals surface area contributed by atoms with Gasteiger partial charge in [0.05, 0.1) is 11.4 Å². The number of anilines is 1. The highest BCUT2D eigenvalue weighted by Crippen LogP contribution is 2.30. The van der Waals surface area contributed by atoms with E-state index in [0.29, 0.717) is 15.6 Å². The molecule has 6 heteroatoms. The average Bonchev–Trinajstić information content (AvgIpc) is 2.68. The van der Waals surface area contributed by atoms with Crippen molar-refractivity contribution in [3.8, 4) is 0 Å². The SMILES string of the molecule is CC(C(=S)[S-])c1ncccc1N1C(=O)CCC1=O. The number of thiocarbonyl (C=S) groups is 1. The largest absolute Gasteiger partial charge is 0.432 e. The molecule has 1 atom stereocenters. The normalized spacial score (nSPS) is 17.1. The van der Waals surface area contributed by atoms with E-state index in [1.54, 1.807) is 18.3 Å². The monoisotopic (exact) mass is 279 g/mol. The van der Waals surface area contributed by atoms with Crippen molar-refractivity contribution in [1.82, 2.24) is 4.98 Å². The molecule has 2 amide bonds. The summed E-state index contributed by atoms with van der Waals surface area (Å²) in [5.74, 6) is -0.638. The lowest BCUT2D eigenvalue weighted by Crippen LogP contribution is -2.30. The first-order valence-electron chi connectivity index (χ1n) is 5.54. The molecule has 0 N–H and O–H groups in total. The number of pyridine rings is 1. The van der Waals surface area contributed by atoms with E-state index in [2.05, 4.69) is 4.98 Å². The van der Waals surface area contributed by atoms with Gasteiger partial charge in [-0.3, -0.25) is 14.6 Å². The first-order chi connectivity index (χ1) is 8.52. The number of hydrogen-bond donors (Lipinski definition) is 0. The number of hydrogen-bond acceptors (Lipinski definition) is 5. The molecule has 0 radical (unpaired) electrons. The molecular formula is C12H11N2O2S2-. The van der Waals surface area contributed by atoms with Crippen LogP contribution in [0.25, 0.3) is 0 Å². The highest BCUT2D eigenvalue weighted by Gasteiger charge is 2.32. The minimum Gasteiger partial charge on any atom is -0.432 e. The molecule has 0 bridgehead atoms. The first kappa shape index (κ1) is 13.0. The highest BCUT2D eigenvalue weighted by atomic mass is 32.1. The fourth-order valence-corrected chi connectivity index (χ4v) is 2.11. The molecule has 0 aromatic carbocycles. The zero-order chi connectivity index (χ0) is 13.3. The Hall–Kier alpha value is -1.40. The lowest BCUT2D eigenvalue weighted by molar-refractivity contribution is -0.121. The van der Waals surface area contributed by atoms with Gasteiger partial charge in [0.2, 0.25) is 11.8 Å². The quantitative estimate of drug-likeness (QED) is 0.479. The summed E-state index contributed by atoms with van der Waals surface area (Å²) in [7, 11) is 0. The van der Waals surface area contributed by atoms with Crippen LogP contribution in [0.4, 0.5) is 5.69 Å². The molecular weight excluding hydrogens is 268 g/mol. The number of amides is 2. The maximum absolute atomic E-state index is 11.7. The second-order valence-electron chi connectivity index (χ2n) is 4.07. The standard InChI is InChI=1S/C12H12N2O2S2/c1-7(12(17)18)11-8(3-2-6-13-11)14-9(15)4-5-10(14)16/h2-3,6-7H,4-5H2,1H3,(H,17,18)/p-1. The van der Waals surface area contributed by atoms with E-state index in [9.17, 15) is 9.59 Å². The molecule has 1 unspecified atom stereocenters. The van der Waals surface area contributed by atoms with Crippen LogP contribution in [0.2, 0.25) is 0 Å². The van der Waals surface area contributed by atoms with E-state index in [1.165, 1.54) is 4.90 Å². The molecule has 1 aliphatic heterocycles. The van der Waals surface area contributed by atoms with Gasteiger partial charge >= 0.3 is 0 Å². The van der Waals surface area contributed by atoms with Gasteiger partial charge in [-0.2, -0.15) is 0 Å². The summed E-state index contributed by atoms with van der Waals surface area (Å²) >= 11 is 9.96. The molecule has 1 aromatic rings. The topological polar surface area (TPSA) is 50.3 Å². The number of carbonyl (C=O) groups excluding carboxylic acids is 2. The van der Waals surface area contributed by atoms with Gasteiger partial charge in [0.15, 0.2) is 0 Å². The van der Waals surface area contributed by atoms with Gasteiger partial charge in [-0.15, -0.1) is 4.20 Å². The Balaban J connectivity index is 2.48. The van der Waals surface area contributed by atoms with Gasteiger partial charge in [0.25, 0.3) is 0 Å². The van der Waals surface area contributed by atoms with Crippen LogP contribution in [-0.2, 0) is 22.2 Å². The van der Waals surface area contributed by atoms with E-state index in [4.69, 9.17) is 24.8 Å². The third-order valence-electron chi connectivity index (χ3n) is 2.87. The highest BCUT2D eigenvalue weighted by molar-refractivity contribution is 8.00. The predicted molar refractivity (Wildman–Crippen MR) is 74.3 cm³/mol. The third-order valence-corrected chi connectivity index (χ3v) is 3.58. The van der Waals surface area contributed by atoms with Crippen molar-refractivity contribution < 1.29 is 9.59 Å². The van der Waals surface area contributed by atoms with Crippen LogP contribution in [0.15, 0.2) is 18.3 Å². The van der Waals surface area contributed by atoms with Crippen LogP contribution in [0, 0.1) is 0 Å². The molecule has 2 rings (SSSR count). The average molecular weight is 279 g/mol. The summed E-state index contributed by atoms with van der Waals surface area (Å²) in [5, 5.41) is 0. The summed E-state index contributed by atoms with van der Waals surface area (Å²) in [5.41, 5.74) is 1.09. The molecule has 1 aliphatic rings. The van der Waals surface area contributed by atoms with Crippen molar-refractivity contribution in [3.05, 3.63) is 24.0 Å². The van der Waals surface area contributed by atoms with Crippen LogP contribution < -0.4 is 4.90 Å². The number of imide groups is 1. The van der Waals surface area contributed by atoms with Crippen LogP contribution in [0.1, 0.15) is 31.4 Å². The molecule has 1 aromatic heterocycles. The van der Waals surface area contributed by atoms with E-state index < -0.39 is 0 Å². The fourth-order valence-electron chi connectivity index (χ4n) is 1.89. The van der Waals surface area contributed by atoms with Crippen LogP contribution in [-0.4, -0.2) is 21.0 Å². The number of nitrogens with zero attached hydrogens (tertiary/aromatic N) is 2. The van der Waals surface area contributed by atoms with Crippen molar-refractivity contribution in [1.29, 1.82) is 0 Å². The second-order valence-corrected chi connectivity index (χ2v) is 5.21. The Kier molecular flexibility index (Phi) is 3.68. The fraction of sp³-hybridized carbons (Fsp3) is 0.333. The number of aromatic nitrogens is 1. The lowest BCUT2D eigenvalue weighted by Gasteiger charge is -2.22. The molecule has 94 valence electrons. The van der Waals surface area contributed by atoms with Crippen LogP contribution in [0.5, 0.6) is 0 Å². The van der Waals surface area contributed by atoms with E-state index in [1.807, 2.05) is 6.92 Å². The minimum atomic E-state index is -0.243. The lowest BCUT2D eigenvalue weighted by atomic mass is 10.1. The van der Waals surface area contributed by atoms with Gasteiger partial charge in [0.1, 0.15) is 0 Å². The zero-order valence-corrected chi connectivity index (χ0v) is 11.4. The molecule has 1 fully saturated rings. The van der Waals surface area contributed by atoms with Crippen LogP contribution in [0.3, 0.4) is 0 Å². The van der Waals surface area contributed by atoms with Gasteiger partial charge in [0, 0.05) is 25.0 Å². The summed E-state index contributed by atoms with van der Waals surface area (Å²) < 4.78 is 0.369. The van der Waals surface area contributed by atoms with Gasteiger partial charge in [-0.25, -0.2) is 4.90 Å².